The summed E-state index contributed by atoms with van der Waals surface area (Å²) in [6.07, 6.45) is 2.42. The number of piperazine rings is 1. The third-order valence-corrected chi connectivity index (χ3v) is 7.44. The summed E-state index contributed by atoms with van der Waals surface area (Å²) >= 11 is 0. The van der Waals surface area contributed by atoms with Crippen LogP contribution in [0.2, 0.25) is 0 Å². The van der Waals surface area contributed by atoms with Crippen LogP contribution in [0.5, 0.6) is 0 Å². The number of hydrogen-bond acceptors (Lipinski definition) is 5. The highest BCUT2D eigenvalue weighted by Crippen LogP contribution is 2.20. The molecule has 0 radical (unpaired) electrons. The van der Waals surface area contributed by atoms with Gasteiger partial charge in [-0.3, -0.25) is 0 Å². The summed E-state index contributed by atoms with van der Waals surface area (Å²) in [5, 5.41) is 2.83. The van der Waals surface area contributed by atoms with Crippen molar-refractivity contribution < 1.29 is 16.8 Å². The minimum Gasteiger partial charge on any atom is -0.317 e. The Morgan fingerprint density at radius 1 is 0.895 bits per heavy atom. The van der Waals surface area contributed by atoms with E-state index in [4.69, 9.17) is 0 Å². The van der Waals surface area contributed by atoms with Gasteiger partial charge < -0.3 is 5.32 Å². The standard InChI is InChI=1S/C10H21N3O4S2/c1-18(14,15)12-6-8-13(9-7-12)19(16,17)10-2-4-11-5-3-10/h10-11H,2-9H2,1H3. The Morgan fingerprint density at radius 2 is 1.37 bits per heavy atom. The van der Waals surface area contributed by atoms with Gasteiger partial charge in [0.15, 0.2) is 0 Å². The molecule has 0 atom stereocenters. The first-order chi connectivity index (χ1) is 8.82. The Kier molecular flexibility index (Phi) is 4.51. The quantitative estimate of drug-likeness (QED) is 0.696. The second-order valence-corrected chi connectivity index (χ2v) is 9.25. The molecule has 0 aromatic carbocycles. The summed E-state index contributed by atoms with van der Waals surface area (Å²) < 4.78 is 50.4. The first-order valence-electron chi connectivity index (χ1n) is 6.46. The second-order valence-electron chi connectivity index (χ2n) is 5.06. The minimum absolute atomic E-state index is 0.253. The number of sulfonamides is 2. The zero-order chi connectivity index (χ0) is 14.1. The molecule has 2 aliphatic rings. The first kappa shape index (κ1) is 15.2. The molecule has 0 amide bonds. The van der Waals surface area contributed by atoms with Crippen LogP contribution in [0.25, 0.3) is 0 Å². The summed E-state index contributed by atoms with van der Waals surface area (Å²) in [7, 11) is -6.50. The average molecular weight is 311 g/mol. The van der Waals surface area contributed by atoms with Gasteiger partial charge in [0.1, 0.15) is 0 Å². The van der Waals surface area contributed by atoms with Crippen LogP contribution < -0.4 is 5.32 Å². The van der Waals surface area contributed by atoms with Crippen LogP contribution in [0.3, 0.4) is 0 Å². The van der Waals surface area contributed by atoms with Gasteiger partial charge in [0, 0.05) is 26.2 Å². The maximum absolute atomic E-state index is 12.4. The summed E-state index contributed by atoms with van der Waals surface area (Å²) in [6, 6.07) is 0. The first-order valence-corrected chi connectivity index (χ1v) is 9.82. The van der Waals surface area contributed by atoms with E-state index in [0.717, 1.165) is 19.3 Å². The monoisotopic (exact) mass is 311 g/mol. The van der Waals surface area contributed by atoms with E-state index in [1.165, 1.54) is 8.61 Å². The Morgan fingerprint density at radius 3 is 1.84 bits per heavy atom. The molecule has 9 heteroatoms. The van der Waals surface area contributed by atoms with Crippen LogP contribution in [0.15, 0.2) is 0 Å². The SMILES string of the molecule is CS(=O)(=O)N1CCN(S(=O)(=O)C2CCNCC2)CC1. The molecule has 112 valence electrons. The van der Waals surface area contributed by atoms with Crippen molar-refractivity contribution in [1.82, 2.24) is 13.9 Å². The van der Waals surface area contributed by atoms with Crippen molar-refractivity contribution in [3.05, 3.63) is 0 Å². The third kappa shape index (κ3) is 3.46. The van der Waals surface area contributed by atoms with Crippen LogP contribution >= 0.6 is 0 Å². The summed E-state index contributed by atoms with van der Waals surface area (Å²) in [5.41, 5.74) is 0. The highest BCUT2D eigenvalue weighted by molar-refractivity contribution is 7.89. The predicted molar refractivity (Wildman–Crippen MR) is 72.8 cm³/mol. The lowest BCUT2D eigenvalue weighted by atomic mass is 10.2. The number of piperidine rings is 1. The second kappa shape index (κ2) is 5.65. The zero-order valence-corrected chi connectivity index (χ0v) is 12.7. The van der Waals surface area contributed by atoms with Crippen molar-refractivity contribution in [2.75, 3.05) is 45.5 Å². The highest BCUT2D eigenvalue weighted by atomic mass is 32.2. The van der Waals surface area contributed by atoms with Crippen molar-refractivity contribution in [3.63, 3.8) is 0 Å². The topological polar surface area (TPSA) is 86.8 Å². The molecule has 0 aromatic rings. The van der Waals surface area contributed by atoms with Gasteiger partial charge in [0.05, 0.1) is 11.5 Å². The smallest absolute Gasteiger partial charge is 0.217 e. The average Bonchev–Trinajstić information content (AvgIpc) is 2.39. The van der Waals surface area contributed by atoms with Crippen LogP contribution in [0.4, 0.5) is 0 Å². The Hall–Kier alpha value is -0.220. The molecule has 0 aliphatic carbocycles. The van der Waals surface area contributed by atoms with Gasteiger partial charge in [-0.15, -0.1) is 0 Å². The van der Waals surface area contributed by atoms with E-state index in [1.807, 2.05) is 0 Å². The van der Waals surface area contributed by atoms with E-state index in [-0.39, 0.29) is 31.4 Å². The Labute approximate surface area is 115 Å². The minimum atomic E-state index is -3.28. The van der Waals surface area contributed by atoms with E-state index in [1.54, 1.807) is 0 Å². The van der Waals surface area contributed by atoms with Gasteiger partial charge in [-0.05, 0) is 25.9 Å². The van der Waals surface area contributed by atoms with Crippen LogP contribution in [-0.4, -0.2) is 76.2 Å². The molecule has 19 heavy (non-hydrogen) atoms. The molecule has 0 saturated carbocycles. The van der Waals surface area contributed by atoms with Crippen molar-refractivity contribution >= 4 is 20.0 Å². The number of nitrogens with one attached hydrogen (secondary N) is 1. The molecular formula is C10H21N3O4S2. The maximum atomic E-state index is 12.4. The lowest BCUT2D eigenvalue weighted by Crippen LogP contribution is -2.53. The Balaban J connectivity index is 2.00. The number of rotatable bonds is 3. The van der Waals surface area contributed by atoms with Crippen LogP contribution in [0.1, 0.15) is 12.8 Å². The highest BCUT2D eigenvalue weighted by Gasteiger charge is 2.36. The van der Waals surface area contributed by atoms with E-state index in [2.05, 4.69) is 5.32 Å². The number of hydrogen-bond donors (Lipinski definition) is 1. The van der Waals surface area contributed by atoms with Gasteiger partial charge in [-0.2, -0.15) is 8.61 Å². The van der Waals surface area contributed by atoms with Gasteiger partial charge >= 0.3 is 0 Å². The molecule has 2 rings (SSSR count). The van der Waals surface area contributed by atoms with Crippen molar-refractivity contribution in [2.45, 2.75) is 18.1 Å². The van der Waals surface area contributed by atoms with Gasteiger partial charge in [-0.1, -0.05) is 0 Å². The van der Waals surface area contributed by atoms with Crippen LogP contribution in [0, 0.1) is 0 Å². The van der Waals surface area contributed by atoms with Gasteiger partial charge in [0.25, 0.3) is 0 Å². The molecule has 2 heterocycles. The molecule has 0 unspecified atom stereocenters. The Bertz CT molecular complexity index is 503. The lowest BCUT2D eigenvalue weighted by Gasteiger charge is -2.35. The zero-order valence-electron chi connectivity index (χ0n) is 11.1. The predicted octanol–water partition coefficient (Wildman–Crippen LogP) is -1.35. The maximum Gasteiger partial charge on any atom is 0.217 e. The van der Waals surface area contributed by atoms with Crippen molar-refractivity contribution in [1.29, 1.82) is 0 Å². The summed E-state index contributed by atoms with van der Waals surface area (Å²) in [5.74, 6) is 0. The third-order valence-electron chi connectivity index (χ3n) is 3.73. The van der Waals surface area contributed by atoms with Crippen molar-refractivity contribution in [2.24, 2.45) is 0 Å². The van der Waals surface area contributed by atoms with Gasteiger partial charge in [-0.25, -0.2) is 16.8 Å². The van der Waals surface area contributed by atoms with E-state index < -0.39 is 20.0 Å². The number of nitrogens with zero attached hydrogens (tertiary/aromatic N) is 2. The van der Waals surface area contributed by atoms with E-state index in [9.17, 15) is 16.8 Å². The van der Waals surface area contributed by atoms with E-state index >= 15 is 0 Å². The van der Waals surface area contributed by atoms with Crippen LogP contribution in [-0.2, 0) is 20.0 Å². The van der Waals surface area contributed by atoms with Crippen molar-refractivity contribution in [3.8, 4) is 0 Å². The molecule has 1 N–H and O–H groups in total. The normalized spacial score (nSPS) is 25.5. The molecule has 0 bridgehead atoms. The fourth-order valence-electron chi connectivity index (χ4n) is 2.56. The van der Waals surface area contributed by atoms with E-state index in [0.29, 0.717) is 12.8 Å². The summed E-state index contributed by atoms with van der Waals surface area (Å²) in [4.78, 5) is 0. The molecule has 0 spiro atoms. The molecule has 2 fully saturated rings. The summed E-state index contributed by atoms with van der Waals surface area (Å²) in [6.45, 7) is 2.49. The molecule has 2 aliphatic heterocycles. The fourth-order valence-corrected chi connectivity index (χ4v) is 5.31. The molecule has 7 nitrogen and oxygen atoms in total. The molecular weight excluding hydrogens is 290 g/mol. The fraction of sp³-hybridized carbons (Fsp3) is 1.00. The van der Waals surface area contributed by atoms with Gasteiger partial charge in [0.2, 0.25) is 20.0 Å². The molecule has 2 saturated heterocycles. The molecule has 0 aromatic heterocycles. The lowest BCUT2D eigenvalue weighted by molar-refractivity contribution is 0.270. The largest absolute Gasteiger partial charge is 0.317 e.